The van der Waals surface area contributed by atoms with E-state index < -0.39 is 0 Å². The fourth-order valence-electron chi connectivity index (χ4n) is 12.9. The summed E-state index contributed by atoms with van der Waals surface area (Å²) < 4.78 is 9.95. The number of hydrogen-bond acceptors (Lipinski definition) is 4. The zero-order chi connectivity index (χ0) is 50.5. The molecule has 0 unspecified atom stereocenters. The summed E-state index contributed by atoms with van der Waals surface area (Å²) in [5.74, 6) is 1.82. The van der Waals surface area contributed by atoms with Gasteiger partial charge in [-0.2, -0.15) is 0 Å². The molecule has 0 saturated carbocycles. The van der Waals surface area contributed by atoms with Crippen LogP contribution in [-0.4, -0.2) is 18.0 Å². The molecule has 0 amide bonds. The van der Waals surface area contributed by atoms with Crippen molar-refractivity contribution in [2.45, 2.75) is 52.4 Å². The molecule has 0 N–H and O–H groups in total. The lowest BCUT2D eigenvalue weighted by atomic mass is 9.30. The van der Waals surface area contributed by atoms with Crippen LogP contribution in [-0.2, 0) is 10.8 Å². The molecule has 0 aliphatic carbocycles. The van der Waals surface area contributed by atoms with Crippen molar-refractivity contribution >= 4 is 119 Å². The Hall–Kier alpha value is -8.67. The van der Waals surface area contributed by atoms with Gasteiger partial charge in [0.05, 0.1) is 11.0 Å². The highest BCUT2D eigenvalue weighted by Gasteiger charge is 2.48. The number of fused-ring (bicyclic) bond motifs is 11. The van der Waals surface area contributed by atoms with Gasteiger partial charge in [-0.1, -0.05) is 163 Å². The molecule has 10 aromatic carbocycles. The Morgan fingerprint density at radius 1 is 0.320 bits per heavy atom. The zero-order valence-corrected chi connectivity index (χ0v) is 43.1. The van der Waals surface area contributed by atoms with E-state index in [-0.39, 0.29) is 24.3 Å². The number of ether oxygens (including phenoxy) is 1. The zero-order valence-electron chi connectivity index (χ0n) is 43.1. The van der Waals surface area contributed by atoms with E-state index >= 15 is 0 Å². The summed E-state index contributed by atoms with van der Waals surface area (Å²) in [5, 5.41) is 2.50. The molecule has 0 fully saturated rings. The second-order valence-corrected chi connectivity index (χ2v) is 22.9. The highest BCUT2D eigenvalue weighted by atomic mass is 16.5. The van der Waals surface area contributed by atoms with Crippen LogP contribution in [0.1, 0.15) is 52.7 Å². The Morgan fingerprint density at radius 3 is 1.35 bits per heavy atom. The van der Waals surface area contributed by atoms with Crippen LogP contribution < -0.4 is 52.2 Å². The lowest BCUT2D eigenvalue weighted by Gasteiger charge is -2.46. The summed E-state index contributed by atoms with van der Waals surface area (Å²) in [7, 11) is 0. The van der Waals surface area contributed by atoms with Crippen molar-refractivity contribution in [2.24, 2.45) is 0 Å². The first-order chi connectivity index (χ1) is 36.5. The largest absolute Gasteiger partial charge is 0.458 e. The lowest BCUT2D eigenvalue weighted by molar-refractivity contribution is 0.483. The van der Waals surface area contributed by atoms with E-state index in [0.29, 0.717) is 0 Å². The maximum Gasteiger partial charge on any atom is 0.256 e. The van der Waals surface area contributed by atoms with Crippen LogP contribution in [0.15, 0.2) is 218 Å². The number of anilines is 9. The van der Waals surface area contributed by atoms with Gasteiger partial charge in [-0.25, -0.2) is 0 Å². The van der Waals surface area contributed by atoms with E-state index in [9.17, 15) is 0 Å². The number of para-hydroxylation sites is 6. The first-order valence-corrected chi connectivity index (χ1v) is 26.5. The maximum absolute atomic E-state index is 7.49. The van der Waals surface area contributed by atoms with Crippen molar-refractivity contribution in [3.05, 3.63) is 230 Å². The van der Waals surface area contributed by atoms with Gasteiger partial charge in [-0.05, 0) is 146 Å². The number of hydrogen-bond donors (Lipinski definition) is 0. The predicted octanol–water partition coefficient (Wildman–Crippen LogP) is 13.9. The van der Waals surface area contributed by atoms with Gasteiger partial charge in [-0.3, -0.25) is 0 Å². The molecule has 4 aliphatic heterocycles. The number of nitrogens with zero attached hydrogens (tertiary/aromatic N) is 4. The average molecular weight is 965 g/mol. The topological polar surface area (TPSA) is 23.9 Å². The Balaban J connectivity index is 1.04. The molecule has 4 aliphatic rings. The lowest BCUT2D eigenvalue weighted by Crippen LogP contribution is -2.64. The fraction of sp³-hybridized carbons (Fsp3) is 0.118. The van der Waals surface area contributed by atoms with E-state index in [1.807, 2.05) is 0 Å². The normalized spacial score (nSPS) is 14.0. The van der Waals surface area contributed by atoms with Gasteiger partial charge in [0.25, 0.3) is 13.4 Å². The smallest absolute Gasteiger partial charge is 0.256 e. The molecule has 75 heavy (non-hydrogen) atoms. The van der Waals surface area contributed by atoms with Crippen LogP contribution >= 0.6 is 0 Å². The summed E-state index contributed by atoms with van der Waals surface area (Å²) in [5.41, 5.74) is 23.6. The molecule has 11 aromatic rings. The highest BCUT2D eigenvalue weighted by Crippen LogP contribution is 2.49. The standard InChI is InChI=1S/C68H54B2N4O/c1-67(2,3)43-36-60-65-61(37-43)73(47-26-14-9-15-27-47)59-42-63-54(70-51-30-18-21-33-57(51)71(45-22-10-7-11-23-45)62-38-44(68(4,5)6)39-64(75-63)66(62)70)41-53(59)69(65)52-35-34-48(40-58(52)72(60)46-24-12-8-13-25-46)74-55-31-19-16-28-49(55)50-29-17-20-32-56(50)74/h7-42H,1-6H3. The molecule has 0 bridgehead atoms. The van der Waals surface area contributed by atoms with E-state index in [1.165, 1.54) is 94.1 Å². The van der Waals surface area contributed by atoms with Gasteiger partial charge in [0.15, 0.2) is 0 Å². The molecule has 0 spiro atoms. The van der Waals surface area contributed by atoms with Gasteiger partial charge >= 0.3 is 0 Å². The summed E-state index contributed by atoms with van der Waals surface area (Å²) in [6, 6.07) is 81.5. The van der Waals surface area contributed by atoms with E-state index in [4.69, 9.17) is 4.74 Å². The first-order valence-electron chi connectivity index (χ1n) is 26.5. The fourth-order valence-corrected chi connectivity index (χ4v) is 12.9. The molecule has 7 heteroatoms. The molecule has 0 radical (unpaired) electrons. The Labute approximate surface area is 440 Å². The number of aromatic nitrogens is 1. The monoisotopic (exact) mass is 964 g/mol. The van der Waals surface area contributed by atoms with Crippen LogP contribution in [0.4, 0.5) is 51.2 Å². The molecule has 15 rings (SSSR count). The number of rotatable bonds is 4. The minimum atomic E-state index is -0.162. The summed E-state index contributed by atoms with van der Waals surface area (Å²) in [6.45, 7) is 13.7. The second kappa shape index (κ2) is 15.9. The van der Waals surface area contributed by atoms with E-state index in [0.717, 1.165) is 39.9 Å². The summed E-state index contributed by atoms with van der Waals surface area (Å²) in [4.78, 5) is 7.55. The van der Waals surface area contributed by atoms with Crippen LogP contribution in [0, 0.1) is 0 Å². The van der Waals surface area contributed by atoms with Crippen molar-refractivity contribution < 1.29 is 4.74 Å². The van der Waals surface area contributed by atoms with Crippen LogP contribution in [0.25, 0.3) is 27.5 Å². The van der Waals surface area contributed by atoms with Gasteiger partial charge in [0, 0.05) is 73.7 Å². The predicted molar refractivity (Wildman–Crippen MR) is 318 cm³/mol. The van der Waals surface area contributed by atoms with Crippen molar-refractivity contribution in [1.82, 2.24) is 4.57 Å². The molecular weight excluding hydrogens is 910 g/mol. The third-order valence-corrected chi connectivity index (χ3v) is 16.5. The Bertz CT molecular complexity index is 4100. The Morgan fingerprint density at radius 2 is 0.773 bits per heavy atom. The first kappa shape index (κ1) is 43.9. The molecule has 0 atom stereocenters. The third-order valence-electron chi connectivity index (χ3n) is 16.5. The molecule has 358 valence electrons. The van der Waals surface area contributed by atoms with Gasteiger partial charge in [0.1, 0.15) is 11.5 Å². The SMILES string of the molecule is CC(C)(C)c1cc2c3c(c1)N(c1ccccc1)c1ccccc1B3c1cc3c(cc1O2)N(c1ccccc1)c1cc(C(C)(C)C)cc2c1B3c1ccc(-n3c4ccccc4c4ccccc43)cc1N2c1ccccc1. The summed E-state index contributed by atoms with van der Waals surface area (Å²) in [6.07, 6.45) is 0. The molecule has 0 saturated heterocycles. The Kier molecular flexibility index (Phi) is 9.31. The quantitative estimate of drug-likeness (QED) is 0.164. The van der Waals surface area contributed by atoms with Crippen LogP contribution in [0.2, 0.25) is 0 Å². The van der Waals surface area contributed by atoms with Gasteiger partial charge < -0.3 is 24.0 Å². The maximum atomic E-state index is 7.49. The van der Waals surface area contributed by atoms with E-state index in [1.54, 1.807) is 0 Å². The molecular formula is C68H54B2N4O. The second-order valence-electron chi connectivity index (χ2n) is 22.9. The van der Waals surface area contributed by atoms with Crippen molar-refractivity contribution in [2.75, 3.05) is 14.7 Å². The van der Waals surface area contributed by atoms with E-state index in [2.05, 4.69) is 279 Å². The molecule has 5 heterocycles. The average Bonchev–Trinajstić information content (AvgIpc) is 3.77. The van der Waals surface area contributed by atoms with Gasteiger partial charge in [-0.15, -0.1) is 0 Å². The van der Waals surface area contributed by atoms with Crippen LogP contribution in [0.3, 0.4) is 0 Å². The van der Waals surface area contributed by atoms with Crippen LogP contribution in [0.5, 0.6) is 11.5 Å². The molecule has 1 aromatic heterocycles. The van der Waals surface area contributed by atoms with Crippen molar-refractivity contribution in [3.8, 4) is 17.2 Å². The summed E-state index contributed by atoms with van der Waals surface area (Å²) >= 11 is 0. The number of benzene rings is 10. The highest BCUT2D eigenvalue weighted by molar-refractivity contribution is 7.02. The minimum Gasteiger partial charge on any atom is -0.458 e. The minimum absolute atomic E-state index is 0.0786. The van der Waals surface area contributed by atoms with Gasteiger partial charge in [0.2, 0.25) is 0 Å². The van der Waals surface area contributed by atoms with Crippen molar-refractivity contribution in [1.29, 1.82) is 0 Å². The molecule has 5 nitrogen and oxygen atoms in total. The third kappa shape index (κ3) is 6.46. The van der Waals surface area contributed by atoms with Crippen molar-refractivity contribution in [3.63, 3.8) is 0 Å².